The van der Waals surface area contributed by atoms with Crippen LogP contribution in [0.2, 0.25) is 0 Å². The van der Waals surface area contributed by atoms with Crippen LogP contribution in [0.15, 0.2) is 67.3 Å². The monoisotopic (exact) mass is 837 g/mol. The molecule has 3 aromatic rings. The first kappa shape index (κ1) is 42.0. The van der Waals surface area contributed by atoms with Gasteiger partial charge in [-0.3, -0.25) is 19.1 Å². The zero-order chi connectivity index (χ0) is 42.2. The summed E-state index contributed by atoms with van der Waals surface area (Å²) in [6.45, 7) is 9.18. The highest BCUT2D eigenvalue weighted by Gasteiger charge is 2.62. The SMILES string of the molecule is C=C[C@@H]1C[C@]1(NC(=O)[C@H]1C[C@@H]2CN1C(=O)[C@H](C1CCCCC1)NCCCC(C)(C)CC=Cc1cc3c(cc(-c4ccccc4)nc3cc1OC)O2)C(=O)NS(=O)(=O)C1CC1. The van der Waals surface area contributed by atoms with Crippen LogP contribution in [0.3, 0.4) is 0 Å². The number of carbonyl (C=O) groups excluding carboxylic acids is 3. The van der Waals surface area contributed by atoms with Gasteiger partial charge in [-0.2, -0.15) is 0 Å². The van der Waals surface area contributed by atoms with Crippen molar-refractivity contribution in [2.75, 3.05) is 20.2 Å². The summed E-state index contributed by atoms with van der Waals surface area (Å²) in [7, 11) is -2.22. The number of aromatic nitrogens is 1. The number of nitrogens with zero attached hydrogens (tertiary/aromatic N) is 2. The second-order valence-corrected chi connectivity index (χ2v) is 20.3. The van der Waals surface area contributed by atoms with Crippen LogP contribution in [-0.4, -0.2) is 85.2 Å². The Kier molecular flexibility index (Phi) is 11.9. The van der Waals surface area contributed by atoms with E-state index in [0.29, 0.717) is 42.1 Å². The Morgan fingerprint density at radius 2 is 1.82 bits per heavy atom. The zero-order valence-corrected chi connectivity index (χ0v) is 35.9. The van der Waals surface area contributed by atoms with Gasteiger partial charge in [0.15, 0.2) is 0 Å². The molecule has 3 amide bonds. The number of carbonyl (C=O) groups is 3. The fourth-order valence-electron chi connectivity index (χ4n) is 9.51. The molecular weight excluding hydrogens is 779 g/mol. The molecule has 8 rings (SSSR count). The van der Waals surface area contributed by atoms with E-state index in [0.717, 1.165) is 67.9 Å². The molecule has 4 bridgehead atoms. The van der Waals surface area contributed by atoms with Crippen molar-refractivity contribution >= 4 is 44.7 Å². The molecule has 4 fully saturated rings. The lowest BCUT2D eigenvalue weighted by Crippen LogP contribution is -2.59. The molecule has 3 saturated carbocycles. The molecule has 1 saturated heterocycles. The van der Waals surface area contributed by atoms with Crippen molar-refractivity contribution in [1.82, 2.24) is 25.2 Å². The maximum atomic E-state index is 15.1. The molecule has 0 unspecified atom stereocenters. The molecule has 1 aromatic heterocycles. The van der Waals surface area contributed by atoms with E-state index in [4.69, 9.17) is 14.5 Å². The number of benzene rings is 2. The van der Waals surface area contributed by atoms with Gasteiger partial charge in [0.05, 0.1) is 36.2 Å². The first-order valence-electron chi connectivity index (χ1n) is 21.8. The third-order valence-corrected chi connectivity index (χ3v) is 15.2. The van der Waals surface area contributed by atoms with Crippen LogP contribution in [0.5, 0.6) is 11.5 Å². The highest BCUT2D eigenvalue weighted by Crippen LogP contribution is 2.46. The lowest BCUT2D eigenvalue weighted by molar-refractivity contribution is -0.142. The van der Waals surface area contributed by atoms with E-state index in [1.807, 2.05) is 48.5 Å². The molecule has 3 aliphatic carbocycles. The van der Waals surface area contributed by atoms with Crippen LogP contribution < -0.4 is 24.8 Å². The van der Waals surface area contributed by atoms with Crippen LogP contribution >= 0.6 is 0 Å². The Bertz CT molecular complexity index is 2270. The van der Waals surface area contributed by atoms with E-state index in [-0.39, 0.29) is 36.6 Å². The highest BCUT2D eigenvalue weighted by atomic mass is 32.2. The maximum absolute atomic E-state index is 15.1. The van der Waals surface area contributed by atoms with Crippen LogP contribution in [0, 0.1) is 17.3 Å². The van der Waals surface area contributed by atoms with E-state index >= 15 is 4.79 Å². The average molecular weight is 838 g/mol. The number of fused-ring (bicyclic) bond motifs is 3. The van der Waals surface area contributed by atoms with Crippen molar-refractivity contribution in [3.8, 4) is 22.8 Å². The second kappa shape index (κ2) is 17.0. The van der Waals surface area contributed by atoms with Crippen LogP contribution in [0.1, 0.15) is 96.5 Å². The summed E-state index contributed by atoms with van der Waals surface area (Å²) in [5.74, 6) is -0.544. The predicted octanol–water partition coefficient (Wildman–Crippen LogP) is 6.69. The summed E-state index contributed by atoms with van der Waals surface area (Å²) < 4.78 is 40.9. The Labute approximate surface area is 354 Å². The molecule has 3 heterocycles. The van der Waals surface area contributed by atoms with Gasteiger partial charge in [-0.05, 0) is 75.3 Å². The molecule has 2 aromatic carbocycles. The molecule has 60 heavy (non-hydrogen) atoms. The Morgan fingerprint density at radius 3 is 2.52 bits per heavy atom. The van der Waals surface area contributed by atoms with E-state index < -0.39 is 56.7 Å². The minimum Gasteiger partial charge on any atom is -0.496 e. The van der Waals surface area contributed by atoms with E-state index in [1.54, 1.807) is 18.1 Å². The summed E-state index contributed by atoms with van der Waals surface area (Å²) in [4.78, 5) is 50.2. The summed E-state index contributed by atoms with van der Waals surface area (Å²) in [5, 5.41) is 6.79. The Morgan fingerprint density at radius 1 is 1.05 bits per heavy atom. The second-order valence-electron chi connectivity index (χ2n) is 18.4. The number of methoxy groups -OCH3 is 1. The molecule has 12 nitrogen and oxygen atoms in total. The van der Waals surface area contributed by atoms with Crippen LogP contribution in [-0.2, 0) is 24.4 Å². The number of amides is 3. The number of hydrogen-bond donors (Lipinski definition) is 3. The number of ether oxygens (including phenoxy) is 2. The Hall–Kier alpha value is -4.75. The van der Waals surface area contributed by atoms with Crippen molar-refractivity contribution in [3.05, 3.63) is 72.8 Å². The third kappa shape index (κ3) is 8.84. The van der Waals surface area contributed by atoms with Gasteiger partial charge in [0.2, 0.25) is 21.8 Å². The van der Waals surface area contributed by atoms with Gasteiger partial charge in [-0.25, -0.2) is 13.4 Å². The molecule has 2 aliphatic heterocycles. The fraction of sp³-hybridized carbons (Fsp3) is 0.532. The zero-order valence-electron chi connectivity index (χ0n) is 35.1. The summed E-state index contributed by atoms with van der Waals surface area (Å²) in [5.41, 5.74) is 1.67. The molecule has 320 valence electrons. The molecular formula is C47H59N5O7S. The quantitative estimate of drug-likeness (QED) is 0.200. The van der Waals surface area contributed by atoms with Crippen LogP contribution in [0.25, 0.3) is 28.2 Å². The van der Waals surface area contributed by atoms with Crippen molar-refractivity contribution in [3.63, 3.8) is 0 Å². The number of hydrogen-bond acceptors (Lipinski definition) is 9. The number of nitrogens with one attached hydrogen (secondary N) is 3. The van der Waals surface area contributed by atoms with Gasteiger partial charge in [0.25, 0.3) is 5.91 Å². The topological polar surface area (TPSA) is 156 Å². The minimum absolute atomic E-state index is 0.00381. The summed E-state index contributed by atoms with van der Waals surface area (Å²) >= 11 is 0. The average Bonchev–Trinajstić information content (AvgIpc) is 4.17. The Balaban J connectivity index is 1.18. The van der Waals surface area contributed by atoms with Crippen molar-refractivity contribution in [2.24, 2.45) is 17.3 Å². The number of allylic oxidation sites excluding steroid dienone is 1. The highest BCUT2D eigenvalue weighted by molar-refractivity contribution is 7.91. The van der Waals surface area contributed by atoms with Gasteiger partial charge in [-0.15, -0.1) is 6.58 Å². The molecule has 13 heteroatoms. The largest absolute Gasteiger partial charge is 0.496 e. The van der Waals surface area contributed by atoms with Gasteiger partial charge in [0, 0.05) is 41.0 Å². The van der Waals surface area contributed by atoms with E-state index in [1.165, 1.54) is 0 Å². The molecule has 0 spiro atoms. The fourth-order valence-corrected chi connectivity index (χ4v) is 10.9. The first-order chi connectivity index (χ1) is 28.8. The lowest BCUT2D eigenvalue weighted by atomic mass is 9.82. The minimum atomic E-state index is -3.87. The third-order valence-electron chi connectivity index (χ3n) is 13.3. The first-order valence-corrected chi connectivity index (χ1v) is 23.3. The number of pyridine rings is 1. The summed E-state index contributed by atoms with van der Waals surface area (Å²) in [6.07, 6.45) is 14.3. The maximum Gasteiger partial charge on any atom is 0.259 e. The molecule has 3 N–H and O–H groups in total. The van der Waals surface area contributed by atoms with Gasteiger partial charge < -0.3 is 25.0 Å². The normalized spacial score (nSPS) is 27.4. The van der Waals surface area contributed by atoms with E-state index in [2.05, 4.69) is 47.9 Å². The molecule has 5 aliphatic rings. The van der Waals surface area contributed by atoms with Gasteiger partial charge in [-0.1, -0.05) is 81.7 Å². The summed E-state index contributed by atoms with van der Waals surface area (Å²) in [6, 6.07) is 14.2. The van der Waals surface area contributed by atoms with Crippen molar-refractivity contribution in [2.45, 2.75) is 120 Å². The molecule has 0 radical (unpaired) electrons. The predicted molar refractivity (Wildman–Crippen MR) is 233 cm³/mol. The molecule has 5 atom stereocenters. The van der Waals surface area contributed by atoms with Gasteiger partial charge >= 0.3 is 0 Å². The number of sulfonamides is 1. The smallest absolute Gasteiger partial charge is 0.259 e. The van der Waals surface area contributed by atoms with Crippen molar-refractivity contribution < 1.29 is 32.3 Å². The standard InChI is InChI=1S/C47H59N5O7S/c1-5-33-28-47(33,45(55)51-60(56,57)35-19-20-35)50-43(53)39-25-34-29-52(39)44(54)42(31-16-10-7-11-17-31)48-23-13-22-46(2,3)21-12-18-32-24-36-38(27-40(32)58-4)49-37(26-41(36)59-34)30-14-8-6-9-15-30/h5-6,8-9,12,14-15,18,24,26-27,31,33-35,39,42,48H,1,7,10-11,13,16-17,19-23,25,28-29H2,2-4H3,(H,50,53)(H,51,55)/t33-,34-,39-,42+,47-/m1/s1. The van der Waals surface area contributed by atoms with Gasteiger partial charge in [0.1, 0.15) is 29.2 Å². The van der Waals surface area contributed by atoms with E-state index in [9.17, 15) is 18.0 Å². The lowest BCUT2D eigenvalue weighted by Gasteiger charge is -2.35. The number of rotatable bonds is 9. The van der Waals surface area contributed by atoms with Crippen molar-refractivity contribution in [1.29, 1.82) is 0 Å². The van der Waals surface area contributed by atoms with Crippen LogP contribution in [0.4, 0.5) is 0 Å².